The van der Waals surface area contributed by atoms with Crippen molar-refractivity contribution in [2.24, 2.45) is 0 Å². The Morgan fingerprint density at radius 2 is 1.96 bits per heavy atom. The van der Waals surface area contributed by atoms with E-state index in [9.17, 15) is 4.79 Å². The SMILES string of the molecule is Cc1sc(-c2nnc(C(C)C)o2)cc1NC(=O)c1ccccc1. The number of rotatable bonds is 4. The van der Waals surface area contributed by atoms with Gasteiger partial charge in [-0.2, -0.15) is 0 Å². The molecule has 0 aliphatic rings. The molecule has 5 nitrogen and oxygen atoms in total. The first kappa shape index (κ1) is 15.4. The summed E-state index contributed by atoms with van der Waals surface area (Å²) in [5.41, 5.74) is 1.39. The molecular weight excluding hydrogens is 310 g/mol. The van der Waals surface area contributed by atoms with Gasteiger partial charge in [-0.3, -0.25) is 4.79 Å². The van der Waals surface area contributed by atoms with E-state index in [1.807, 2.05) is 45.0 Å². The highest BCUT2D eigenvalue weighted by atomic mass is 32.1. The summed E-state index contributed by atoms with van der Waals surface area (Å²) in [6.45, 7) is 5.96. The van der Waals surface area contributed by atoms with Gasteiger partial charge in [0, 0.05) is 16.4 Å². The molecule has 2 aromatic heterocycles. The molecule has 1 amide bonds. The molecule has 0 unspecified atom stereocenters. The number of carbonyl (C=O) groups excluding carboxylic acids is 1. The number of nitrogens with one attached hydrogen (secondary N) is 1. The Bertz CT molecular complexity index is 821. The number of aromatic nitrogens is 2. The van der Waals surface area contributed by atoms with Crippen LogP contribution in [0.25, 0.3) is 10.8 Å². The molecule has 0 fully saturated rings. The maximum Gasteiger partial charge on any atom is 0.257 e. The average Bonchev–Trinajstić information content (AvgIpc) is 3.16. The fourth-order valence-corrected chi connectivity index (χ4v) is 2.96. The quantitative estimate of drug-likeness (QED) is 0.767. The van der Waals surface area contributed by atoms with Crippen molar-refractivity contribution in [1.82, 2.24) is 10.2 Å². The second-order valence-corrected chi connectivity index (χ2v) is 6.76. The zero-order valence-electron chi connectivity index (χ0n) is 13.2. The van der Waals surface area contributed by atoms with Crippen LogP contribution in [0.1, 0.15) is 40.9 Å². The highest BCUT2D eigenvalue weighted by molar-refractivity contribution is 7.15. The van der Waals surface area contributed by atoms with Crippen molar-refractivity contribution in [3.63, 3.8) is 0 Å². The summed E-state index contributed by atoms with van der Waals surface area (Å²) in [6.07, 6.45) is 0. The Kier molecular flexibility index (Phi) is 4.25. The van der Waals surface area contributed by atoms with E-state index in [2.05, 4.69) is 15.5 Å². The lowest BCUT2D eigenvalue weighted by molar-refractivity contribution is 0.102. The Morgan fingerprint density at radius 3 is 2.61 bits per heavy atom. The van der Waals surface area contributed by atoms with E-state index >= 15 is 0 Å². The van der Waals surface area contributed by atoms with E-state index < -0.39 is 0 Å². The van der Waals surface area contributed by atoms with E-state index in [0.717, 1.165) is 15.4 Å². The number of nitrogens with zero attached hydrogens (tertiary/aromatic N) is 2. The fraction of sp³-hybridized carbons (Fsp3) is 0.235. The minimum absolute atomic E-state index is 0.133. The highest BCUT2D eigenvalue weighted by Crippen LogP contribution is 2.34. The number of thiophene rings is 1. The summed E-state index contributed by atoms with van der Waals surface area (Å²) in [4.78, 5) is 14.1. The van der Waals surface area contributed by atoms with Crippen molar-refractivity contribution in [2.75, 3.05) is 5.32 Å². The first-order chi connectivity index (χ1) is 11.0. The summed E-state index contributed by atoms with van der Waals surface area (Å²) < 4.78 is 5.66. The first-order valence-electron chi connectivity index (χ1n) is 7.35. The van der Waals surface area contributed by atoms with E-state index in [0.29, 0.717) is 17.3 Å². The molecule has 2 heterocycles. The molecule has 3 rings (SSSR count). The van der Waals surface area contributed by atoms with Crippen molar-refractivity contribution in [3.8, 4) is 10.8 Å². The van der Waals surface area contributed by atoms with Gasteiger partial charge in [0.15, 0.2) is 0 Å². The van der Waals surface area contributed by atoms with Gasteiger partial charge >= 0.3 is 0 Å². The standard InChI is InChI=1S/C17H17N3O2S/c1-10(2)16-19-20-17(22-16)14-9-13(11(3)23-14)18-15(21)12-7-5-4-6-8-12/h4-10H,1-3H3,(H,18,21). The molecule has 0 aliphatic heterocycles. The number of benzene rings is 1. The number of hydrogen-bond donors (Lipinski definition) is 1. The van der Waals surface area contributed by atoms with E-state index in [1.165, 1.54) is 11.3 Å². The lowest BCUT2D eigenvalue weighted by Crippen LogP contribution is -2.11. The van der Waals surface area contributed by atoms with Crippen molar-refractivity contribution in [1.29, 1.82) is 0 Å². The van der Waals surface area contributed by atoms with E-state index in [4.69, 9.17) is 4.42 Å². The predicted molar refractivity (Wildman–Crippen MR) is 90.8 cm³/mol. The lowest BCUT2D eigenvalue weighted by atomic mass is 10.2. The summed E-state index contributed by atoms with van der Waals surface area (Å²) in [5.74, 6) is 1.16. The second-order valence-electron chi connectivity index (χ2n) is 5.50. The number of anilines is 1. The maximum atomic E-state index is 12.2. The zero-order valence-corrected chi connectivity index (χ0v) is 14.0. The van der Waals surface area contributed by atoms with Gasteiger partial charge < -0.3 is 9.73 Å². The second kappa shape index (κ2) is 6.34. The van der Waals surface area contributed by atoms with Crippen LogP contribution >= 0.6 is 11.3 Å². The molecule has 0 saturated heterocycles. The van der Waals surface area contributed by atoms with Gasteiger partial charge in [-0.25, -0.2) is 0 Å². The van der Waals surface area contributed by atoms with Crippen molar-refractivity contribution >= 4 is 22.9 Å². The topological polar surface area (TPSA) is 68.0 Å². The van der Waals surface area contributed by atoms with Crippen LogP contribution in [0.15, 0.2) is 40.8 Å². The molecule has 23 heavy (non-hydrogen) atoms. The predicted octanol–water partition coefficient (Wildman–Crippen LogP) is 4.48. The lowest BCUT2D eigenvalue weighted by Gasteiger charge is -2.03. The first-order valence-corrected chi connectivity index (χ1v) is 8.17. The Morgan fingerprint density at radius 1 is 1.22 bits per heavy atom. The zero-order chi connectivity index (χ0) is 16.4. The number of aryl methyl sites for hydroxylation is 1. The minimum atomic E-state index is -0.133. The summed E-state index contributed by atoms with van der Waals surface area (Å²) in [7, 11) is 0. The molecule has 6 heteroatoms. The average molecular weight is 327 g/mol. The molecule has 1 aromatic carbocycles. The van der Waals surface area contributed by atoms with Crippen LogP contribution in [-0.4, -0.2) is 16.1 Å². The molecule has 0 saturated carbocycles. The Balaban J connectivity index is 1.82. The van der Waals surface area contributed by atoms with Crippen LogP contribution in [0, 0.1) is 6.92 Å². The summed E-state index contributed by atoms with van der Waals surface area (Å²) >= 11 is 1.52. The van der Waals surface area contributed by atoms with Gasteiger partial charge in [-0.05, 0) is 25.1 Å². The normalized spacial score (nSPS) is 11.0. The van der Waals surface area contributed by atoms with Crippen molar-refractivity contribution < 1.29 is 9.21 Å². The van der Waals surface area contributed by atoms with Crippen LogP contribution in [0.5, 0.6) is 0 Å². The molecule has 0 bridgehead atoms. The van der Waals surface area contributed by atoms with Crippen molar-refractivity contribution in [2.45, 2.75) is 26.7 Å². The van der Waals surface area contributed by atoms with Gasteiger partial charge in [-0.1, -0.05) is 32.0 Å². The van der Waals surface area contributed by atoms with Crippen LogP contribution in [0.3, 0.4) is 0 Å². The maximum absolute atomic E-state index is 12.2. The van der Waals surface area contributed by atoms with Gasteiger partial charge in [0.2, 0.25) is 5.89 Å². The molecule has 0 atom stereocenters. The van der Waals surface area contributed by atoms with Gasteiger partial charge in [0.05, 0.1) is 10.6 Å². The van der Waals surface area contributed by atoms with Crippen LogP contribution in [-0.2, 0) is 0 Å². The summed E-state index contributed by atoms with van der Waals surface area (Å²) in [6, 6.07) is 11.0. The molecular formula is C17H17N3O2S. The number of amides is 1. The number of carbonyl (C=O) groups is 1. The fourth-order valence-electron chi connectivity index (χ4n) is 2.06. The van der Waals surface area contributed by atoms with Crippen LogP contribution in [0.2, 0.25) is 0 Å². The van der Waals surface area contributed by atoms with Crippen molar-refractivity contribution in [3.05, 3.63) is 52.7 Å². The molecule has 118 valence electrons. The third-order valence-electron chi connectivity index (χ3n) is 3.35. The van der Waals surface area contributed by atoms with E-state index in [1.54, 1.807) is 12.1 Å². The number of hydrogen-bond acceptors (Lipinski definition) is 5. The molecule has 0 spiro atoms. The third kappa shape index (κ3) is 3.32. The Labute approximate surface area is 138 Å². The monoisotopic (exact) mass is 327 g/mol. The largest absolute Gasteiger partial charge is 0.420 e. The molecule has 1 N–H and O–H groups in total. The van der Waals surface area contributed by atoms with Crippen LogP contribution in [0.4, 0.5) is 5.69 Å². The van der Waals surface area contributed by atoms with Gasteiger partial charge in [-0.15, -0.1) is 21.5 Å². The summed E-state index contributed by atoms with van der Waals surface area (Å²) in [5, 5.41) is 11.1. The minimum Gasteiger partial charge on any atom is -0.420 e. The van der Waals surface area contributed by atoms with Gasteiger partial charge in [0.1, 0.15) is 0 Å². The Hall–Kier alpha value is -2.47. The molecule has 0 aliphatic carbocycles. The van der Waals surface area contributed by atoms with Crippen LogP contribution < -0.4 is 5.32 Å². The molecule has 3 aromatic rings. The third-order valence-corrected chi connectivity index (χ3v) is 4.39. The smallest absolute Gasteiger partial charge is 0.257 e. The van der Waals surface area contributed by atoms with E-state index in [-0.39, 0.29) is 11.8 Å². The highest BCUT2D eigenvalue weighted by Gasteiger charge is 2.16. The van der Waals surface area contributed by atoms with Gasteiger partial charge in [0.25, 0.3) is 11.8 Å². The molecule has 0 radical (unpaired) electrons.